The molecule has 0 heterocycles. The fraction of sp³-hybridized carbons (Fsp3) is 0.462. The maximum absolute atomic E-state index is 11.2. The Labute approximate surface area is 102 Å². The molecule has 0 radical (unpaired) electrons. The molecule has 17 heavy (non-hydrogen) atoms. The van der Waals surface area contributed by atoms with E-state index in [4.69, 9.17) is 9.47 Å². The Morgan fingerprint density at radius 3 is 2.94 bits per heavy atom. The molecule has 0 unspecified atom stereocenters. The van der Waals surface area contributed by atoms with E-state index in [0.29, 0.717) is 19.8 Å². The molecule has 0 aromatic heterocycles. The van der Waals surface area contributed by atoms with Crippen molar-refractivity contribution in [3.05, 3.63) is 29.8 Å². The van der Waals surface area contributed by atoms with Gasteiger partial charge in [0.2, 0.25) is 5.91 Å². The number of aryl methyl sites for hydroxylation is 1. The van der Waals surface area contributed by atoms with Crippen LogP contribution in [0.4, 0.5) is 0 Å². The average molecular weight is 237 g/mol. The monoisotopic (exact) mass is 237 g/mol. The van der Waals surface area contributed by atoms with Gasteiger partial charge in [0, 0.05) is 6.61 Å². The quantitative estimate of drug-likeness (QED) is 0.731. The normalized spacial score (nSPS) is 10.0. The molecule has 4 nitrogen and oxygen atoms in total. The molecule has 4 heteroatoms. The van der Waals surface area contributed by atoms with Gasteiger partial charge in [0.05, 0.1) is 6.54 Å². The standard InChI is InChI=1S/C13H19NO3/c1-3-16-10-13(15)14-7-8-17-12-6-4-5-11(2)9-12/h4-6,9H,3,7-8,10H2,1-2H3,(H,14,15). The molecule has 0 saturated heterocycles. The van der Waals surface area contributed by atoms with Crippen molar-refractivity contribution in [1.82, 2.24) is 5.32 Å². The highest BCUT2D eigenvalue weighted by Gasteiger charge is 1.99. The highest BCUT2D eigenvalue weighted by Crippen LogP contribution is 2.11. The Kier molecular flexibility index (Phi) is 6.10. The lowest BCUT2D eigenvalue weighted by Crippen LogP contribution is -2.31. The van der Waals surface area contributed by atoms with Crippen LogP contribution < -0.4 is 10.1 Å². The second kappa shape index (κ2) is 7.68. The van der Waals surface area contributed by atoms with Gasteiger partial charge in [0.25, 0.3) is 0 Å². The van der Waals surface area contributed by atoms with E-state index in [-0.39, 0.29) is 12.5 Å². The second-order valence-corrected chi connectivity index (χ2v) is 3.65. The summed E-state index contributed by atoms with van der Waals surface area (Å²) in [7, 11) is 0. The molecular formula is C13H19NO3. The van der Waals surface area contributed by atoms with E-state index in [1.54, 1.807) is 0 Å². The van der Waals surface area contributed by atoms with Crippen LogP contribution in [0.3, 0.4) is 0 Å². The van der Waals surface area contributed by atoms with Gasteiger partial charge in [-0.25, -0.2) is 0 Å². The smallest absolute Gasteiger partial charge is 0.246 e. The first-order valence-electron chi connectivity index (χ1n) is 5.76. The summed E-state index contributed by atoms with van der Waals surface area (Å²) in [6, 6.07) is 7.81. The minimum absolute atomic E-state index is 0.111. The molecule has 0 fully saturated rings. The van der Waals surface area contributed by atoms with Crippen molar-refractivity contribution in [2.24, 2.45) is 0 Å². The first-order chi connectivity index (χ1) is 8.22. The fourth-order valence-corrected chi connectivity index (χ4v) is 1.31. The van der Waals surface area contributed by atoms with Crippen molar-refractivity contribution in [2.45, 2.75) is 13.8 Å². The molecule has 94 valence electrons. The summed E-state index contributed by atoms with van der Waals surface area (Å²) in [6.07, 6.45) is 0. The summed E-state index contributed by atoms with van der Waals surface area (Å²) in [6.45, 7) is 5.47. The Morgan fingerprint density at radius 1 is 1.41 bits per heavy atom. The SMILES string of the molecule is CCOCC(=O)NCCOc1cccc(C)c1. The third-order valence-electron chi connectivity index (χ3n) is 2.12. The van der Waals surface area contributed by atoms with Gasteiger partial charge >= 0.3 is 0 Å². The molecule has 0 atom stereocenters. The topological polar surface area (TPSA) is 47.6 Å². The van der Waals surface area contributed by atoms with Crippen LogP contribution in [0.15, 0.2) is 24.3 Å². The molecule has 0 saturated carbocycles. The number of hydrogen-bond acceptors (Lipinski definition) is 3. The molecule has 1 rings (SSSR count). The Hall–Kier alpha value is -1.55. The van der Waals surface area contributed by atoms with E-state index in [1.807, 2.05) is 38.1 Å². The number of ether oxygens (including phenoxy) is 2. The fourth-order valence-electron chi connectivity index (χ4n) is 1.31. The van der Waals surface area contributed by atoms with Gasteiger partial charge in [0.1, 0.15) is 19.0 Å². The van der Waals surface area contributed by atoms with Gasteiger partial charge in [-0.15, -0.1) is 0 Å². The summed E-state index contributed by atoms with van der Waals surface area (Å²) < 4.78 is 10.5. The summed E-state index contributed by atoms with van der Waals surface area (Å²) in [5.74, 6) is 0.712. The van der Waals surface area contributed by atoms with Gasteiger partial charge in [-0.3, -0.25) is 4.79 Å². The largest absolute Gasteiger partial charge is 0.492 e. The molecular weight excluding hydrogens is 218 g/mol. The van der Waals surface area contributed by atoms with E-state index in [0.717, 1.165) is 11.3 Å². The molecule has 0 aliphatic heterocycles. The number of carbonyl (C=O) groups excluding carboxylic acids is 1. The first-order valence-corrected chi connectivity index (χ1v) is 5.76. The van der Waals surface area contributed by atoms with Crippen LogP contribution in [0, 0.1) is 6.92 Å². The molecule has 1 N–H and O–H groups in total. The molecule has 0 bridgehead atoms. The van der Waals surface area contributed by atoms with Crippen LogP contribution in [0.1, 0.15) is 12.5 Å². The molecule has 1 amide bonds. The molecule has 1 aromatic carbocycles. The average Bonchev–Trinajstić information content (AvgIpc) is 2.32. The zero-order valence-corrected chi connectivity index (χ0v) is 10.4. The second-order valence-electron chi connectivity index (χ2n) is 3.65. The van der Waals surface area contributed by atoms with Crippen LogP contribution in [0.5, 0.6) is 5.75 Å². The number of amides is 1. The van der Waals surface area contributed by atoms with Crippen molar-refractivity contribution >= 4 is 5.91 Å². The van der Waals surface area contributed by atoms with Crippen LogP contribution in [-0.2, 0) is 9.53 Å². The summed E-state index contributed by atoms with van der Waals surface area (Å²) >= 11 is 0. The highest BCUT2D eigenvalue weighted by molar-refractivity contribution is 5.77. The maximum atomic E-state index is 11.2. The highest BCUT2D eigenvalue weighted by atomic mass is 16.5. The lowest BCUT2D eigenvalue weighted by molar-refractivity contribution is -0.125. The zero-order valence-electron chi connectivity index (χ0n) is 10.4. The molecule has 0 aliphatic rings. The third-order valence-corrected chi connectivity index (χ3v) is 2.12. The van der Waals surface area contributed by atoms with Crippen molar-refractivity contribution in [3.63, 3.8) is 0 Å². The Morgan fingerprint density at radius 2 is 2.24 bits per heavy atom. The van der Waals surface area contributed by atoms with Gasteiger partial charge in [-0.05, 0) is 31.5 Å². The first kappa shape index (κ1) is 13.5. The lowest BCUT2D eigenvalue weighted by Gasteiger charge is -2.08. The summed E-state index contributed by atoms with van der Waals surface area (Å²) in [4.78, 5) is 11.2. The van der Waals surface area contributed by atoms with Gasteiger partial charge in [-0.1, -0.05) is 12.1 Å². The van der Waals surface area contributed by atoms with Crippen molar-refractivity contribution < 1.29 is 14.3 Å². The van der Waals surface area contributed by atoms with Crippen molar-refractivity contribution in [1.29, 1.82) is 0 Å². The van der Waals surface area contributed by atoms with Crippen LogP contribution in [0.2, 0.25) is 0 Å². The zero-order chi connectivity index (χ0) is 12.5. The van der Waals surface area contributed by atoms with Crippen molar-refractivity contribution in [3.8, 4) is 5.75 Å². The number of nitrogens with one attached hydrogen (secondary N) is 1. The third kappa shape index (κ3) is 5.92. The number of rotatable bonds is 7. The molecule has 1 aromatic rings. The molecule has 0 aliphatic carbocycles. The van der Waals surface area contributed by atoms with Gasteiger partial charge in [0.15, 0.2) is 0 Å². The van der Waals surface area contributed by atoms with Gasteiger partial charge < -0.3 is 14.8 Å². The summed E-state index contributed by atoms with van der Waals surface area (Å²) in [5, 5.41) is 2.71. The molecule has 0 spiro atoms. The predicted octanol–water partition coefficient (Wildman–Crippen LogP) is 1.53. The van der Waals surface area contributed by atoms with Crippen LogP contribution >= 0.6 is 0 Å². The number of hydrogen-bond donors (Lipinski definition) is 1. The van der Waals surface area contributed by atoms with E-state index in [1.165, 1.54) is 0 Å². The van der Waals surface area contributed by atoms with E-state index in [2.05, 4.69) is 5.32 Å². The maximum Gasteiger partial charge on any atom is 0.246 e. The van der Waals surface area contributed by atoms with E-state index >= 15 is 0 Å². The minimum Gasteiger partial charge on any atom is -0.492 e. The minimum atomic E-state index is -0.111. The lowest BCUT2D eigenvalue weighted by atomic mass is 10.2. The Bertz CT molecular complexity index is 352. The van der Waals surface area contributed by atoms with Gasteiger partial charge in [-0.2, -0.15) is 0 Å². The van der Waals surface area contributed by atoms with Crippen LogP contribution in [0.25, 0.3) is 0 Å². The summed E-state index contributed by atoms with van der Waals surface area (Å²) in [5.41, 5.74) is 1.16. The van der Waals surface area contributed by atoms with Crippen LogP contribution in [-0.4, -0.2) is 32.3 Å². The number of carbonyl (C=O) groups is 1. The number of benzene rings is 1. The van der Waals surface area contributed by atoms with E-state index in [9.17, 15) is 4.79 Å². The Balaban J connectivity index is 2.14. The van der Waals surface area contributed by atoms with Crippen molar-refractivity contribution in [2.75, 3.05) is 26.4 Å². The van der Waals surface area contributed by atoms with E-state index < -0.39 is 0 Å². The predicted molar refractivity (Wildman–Crippen MR) is 66.2 cm³/mol.